The summed E-state index contributed by atoms with van der Waals surface area (Å²) in [6.45, 7) is 14.2. The molecular formula is C29H38N2O3. The predicted octanol–water partition coefficient (Wildman–Crippen LogP) is 5.76. The molecule has 6 rings (SSSR count). The second-order valence-electron chi connectivity index (χ2n) is 11.4. The van der Waals surface area contributed by atoms with E-state index in [1.54, 1.807) is 0 Å². The molecule has 5 nitrogen and oxygen atoms in total. The Hall–Kier alpha value is -2.24. The van der Waals surface area contributed by atoms with Crippen molar-refractivity contribution >= 4 is 16.9 Å². The smallest absolute Gasteiger partial charge is 0.338 e. The van der Waals surface area contributed by atoms with E-state index in [4.69, 9.17) is 9.47 Å². The van der Waals surface area contributed by atoms with Crippen LogP contribution in [-0.4, -0.2) is 46.2 Å². The van der Waals surface area contributed by atoms with Crippen LogP contribution >= 0.6 is 0 Å². The van der Waals surface area contributed by atoms with Gasteiger partial charge in [-0.05, 0) is 96.4 Å². The van der Waals surface area contributed by atoms with Gasteiger partial charge in [0.25, 0.3) is 0 Å². The van der Waals surface area contributed by atoms with Crippen molar-refractivity contribution in [3.05, 3.63) is 54.2 Å². The maximum absolute atomic E-state index is 13.8. The van der Waals surface area contributed by atoms with Crippen LogP contribution in [-0.2, 0) is 14.3 Å². The van der Waals surface area contributed by atoms with E-state index >= 15 is 0 Å². The Morgan fingerprint density at radius 2 is 2.12 bits per heavy atom. The Morgan fingerprint density at radius 3 is 2.82 bits per heavy atom. The maximum atomic E-state index is 13.8. The molecule has 2 bridgehead atoms. The molecule has 0 amide bonds. The molecule has 4 aliphatic heterocycles. The Morgan fingerprint density at radius 1 is 1.29 bits per heavy atom. The molecule has 6 atom stereocenters. The molecule has 4 saturated heterocycles. The normalized spacial score (nSPS) is 33.4. The van der Waals surface area contributed by atoms with E-state index < -0.39 is 5.60 Å². The zero-order valence-electron chi connectivity index (χ0n) is 21.0. The fourth-order valence-electron chi connectivity index (χ4n) is 6.52. The average molecular weight is 463 g/mol. The number of rotatable bonds is 5. The van der Waals surface area contributed by atoms with Crippen molar-refractivity contribution in [2.24, 2.45) is 11.8 Å². The highest BCUT2D eigenvalue weighted by Crippen LogP contribution is 2.45. The second-order valence-corrected chi connectivity index (χ2v) is 11.4. The number of nitrogens with zero attached hydrogens (tertiary/aromatic N) is 2. The summed E-state index contributed by atoms with van der Waals surface area (Å²) < 4.78 is 12.9. The molecule has 4 fully saturated rings. The summed E-state index contributed by atoms with van der Waals surface area (Å²) in [6, 6.07) is 8.50. The molecule has 4 aliphatic rings. The monoisotopic (exact) mass is 462 g/mol. The first-order chi connectivity index (χ1) is 16.2. The van der Waals surface area contributed by atoms with E-state index in [1.165, 1.54) is 12.0 Å². The van der Waals surface area contributed by atoms with Crippen LogP contribution in [0.5, 0.6) is 0 Å². The molecule has 0 N–H and O–H groups in total. The highest BCUT2D eigenvalue weighted by atomic mass is 16.6. The molecule has 34 heavy (non-hydrogen) atoms. The van der Waals surface area contributed by atoms with Gasteiger partial charge in [-0.3, -0.25) is 9.88 Å². The minimum absolute atomic E-state index is 0.144. The van der Waals surface area contributed by atoms with E-state index in [0.29, 0.717) is 18.3 Å². The summed E-state index contributed by atoms with van der Waals surface area (Å²) in [5, 5.41) is 1.07. The molecule has 2 aromatic rings. The molecule has 5 heteroatoms. The summed E-state index contributed by atoms with van der Waals surface area (Å²) in [7, 11) is 0. The number of hydrogen-bond donors (Lipinski definition) is 0. The topological polar surface area (TPSA) is 51.7 Å². The van der Waals surface area contributed by atoms with E-state index in [-0.39, 0.29) is 23.7 Å². The van der Waals surface area contributed by atoms with Gasteiger partial charge < -0.3 is 9.47 Å². The van der Waals surface area contributed by atoms with Gasteiger partial charge in [-0.2, -0.15) is 0 Å². The first-order valence-corrected chi connectivity index (χ1v) is 12.8. The third kappa shape index (κ3) is 4.29. The molecule has 1 aromatic heterocycles. The van der Waals surface area contributed by atoms with Crippen molar-refractivity contribution < 1.29 is 14.3 Å². The minimum Gasteiger partial charge on any atom is -0.454 e. The van der Waals surface area contributed by atoms with E-state index in [9.17, 15) is 4.79 Å². The number of ether oxygens (including phenoxy) is 2. The molecule has 2 unspecified atom stereocenters. The van der Waals surface area contributed by atoms with Crippen LogP contribution in [0.2, 0.25) is 0 Å². The van der Waals surface area contributed by atoms with E-state index in [1.807, 2.05) is 19.2 Å². The second kappa shape index (κ2) is 8.76. The third-order valence-electron chi connectivity index (χ3n) is 8.34. The summed E-state index contributed by atoms with van der Waals surface area (Å²) in [5.41, 5.74) is 1.91. The summed E-state index contributed by atoms with van der Waals surface area (Å²) in [6.07, 6.45) is 8.38. The quantitative estimate of drug-likeness (QED) is 0.418. The molecule has 182 valence electrons. The predicted molar refractivity (Wildman–Crippen MR) is 135 cm³/mol. The van der Waals surface area contributed by atoms with E-state index in [0.717, 1.165) is 48.8 Å². The molecular weight excluding hydrogens is 424 g/mol. The molecule has 0 aliphatic carbocycles. The van der Waals surface area contributed by atoms with Crippen LogP contribution in [0.25, 0.3) is 10.9 Å². The van der Waals surface area contributed by atoms with Gasteiger partial charge in [-0.15, -0.1) is 6.58 Å². The minimum atomic E-state index is -0.925. The van der Waals surface area contributed by atoms with Crippen molar-refractivity contribution in [3.8, 4) is 0 Å². The van der Waals surface area contributed by atoms with E-state index in [2.05, 4.69) is 61.5 Å². The number of carbonyl (C=O) groups excluding carboxylic acids is 1. The highest BCUT2D eigenvalue weighted by Gasteiger charge is 2.48. The van der Waals surface area contributed by atoms with Crippen LogP contribution in [0.3, 0.4) is 0 Å². The largest absolute Gasteiger partial charge is 0.454 e. The van der Waals surface area contributed by atoms with Crippen LogP contribution < -0.4 is 0 Å². The van der Waals surface area contributed by atoms with Gasteiger partial charge in [-0.25, -0.2) is 4.79 Å². The lowest BCUT2D eigenvalue weighted by atomic mass is 9.73. The summed E-state index contributed by atoms with van der Waals surface area (Å²) >= 11 is 0. The van der Waals surface area contributed by atoms with Gasteiger partial charge in [0.2, 0.25) is 0 Å². The van der Waals surface area contributed by atoms with Gasteiger partial charge >= 0.3 is 5.97 Å². The average Bonchev–Trinajstić information content (AvgIpc) is 2.81. The van der Waals surface area contributed by atoms with Crippen molar-refractivity contribution in [3.63, 3.8) is 0 Å². The maximum Gasteiger partial charge on any atom is 0.338 e. The molecule has 1 aromatic carbocycles. The van der Waals surface area contributed by atoms with Crippen LogP contribution in [0.15, 0.2) is 43.1 Å². The Balaban J connectivity index is 1.53. The first-order valence-electron chi connectivity index (χ1n) is 12.8. The number of hydrogen-bond acceptors (Lipinski definition) is 5. The van der Waals surface area contributed by atoms with Crippen molar-refractivity contribution in [2.75, 3.05) is 13.1 Å². The lowest BCUT2D eigenvalue weighted by molar-refractivity contribution is -0.211. The molecule has 5 heterocycles. The molecule has 0 radical (unpaired) electrons. The van der Waals surface area contributed by atoms with Crippen molar-refractivity contribution in [2.45, 2.75) is 83.1 Å². The third-order valence-corrected chi connectivity index (χ3v) is 8.34. The first kappa shape index (κ1) is 23.5. The summed E-state index contributed by atoms with van der Waals surface area (Å²) in [4.78, 5) is 20.9. The fraction of sp³-hybridized carbons (Fsp3) is 0.586. The van der Waals surface area contributed by atoms with Crippen molar-refractivity contribution in [1.82, 2.24) is 9.88 Å². The lowest BCUT2D eigenvalue weighted by Crippen LogP contribution is -2.56. The number of esters is 1. The number of carbonyl (C=O) groups is 1. The molecule has 0 saturated carbocycles. The number of fused-ring (bicyclic) bond motifs is 4. The zero-order chi connectivity index (χ0) is 24.1. The molecule has 0 spiro atoms. The standard InChI is InChI=1S/C29H38N2O3/c1-6-20-18-31-15-11-21(20)17-25(31)26(22-10-14-30-24-9-8-19(2)16-23(22)24)33-27(32)29(5)13-7-12-28(3,4)34-29/h6,8-10,14,16,20-21,25-26H,1,7,11-13,15,17-18H2,2-5H3/t20?,21-,25-,26+,29-/m0/s1. The number of pyridine rings is 1. The summed E-state index contributed by atoms with van der Waals surface area (Å²) in [5.74, 6) is 0.854. The number of piperidine rings is 3. The van der Waals surface area contributed by atoms with Gasteiger partial charge in [0.1, 0.15) is 6.10 Å². The van der Waals surface area contributed by atoms with Crippen molar-refractivity contribution in [1.29, 1.82) is 0 Å². The zero-order valence-corrected chi connectivity index (χ0v) is 21.0. The van der Waals surface area contributed by atoms with Crippen LogP contribution in [0.1, 0.15) is 70.1 Å². The Labute approximate surface area is 203 Å². The highest BCUT2D eigenvalue weighted by molar-refractivity contribution is 5.84. The van der Waals surface area contributed by atoms with Crippen LogP contribution in [0.4, 0.5) is 0 Å². The Kier molecular flexibility index (Phi) is 6.06. The van der Waals surface area contributed by atoms with Gasteiger partial charge in [0.15, 0.2) is 5.60 Å². The number of aryl methyl sites for hydroxylation is 1. The van der Waals surface area contributed by atoms with Gasteiger partial charge in [0, 0.05) is 23.7 Å². The fourth-order valence-corrected chi connectivity index (χ4v) is 6.52. The number of aromatic nitrogens is 1. The van der Waals surface area contributed by atoms with Gasteiger partial charge in [0.05, 0.1) is 17.2 Å². The van der Waals surface area contributed by atoms with Crippen LogP contribution in [0, 0.1) is 18.8 Å². The van der Waals surface area contributed by atoms with Gasteiger partial charge in [-0.1, -0.05) is 17.7 Å². The Bertz CT molecular complexity index is 1100. The SMILES string of the molecule is C=CC1CN2CC[C@H]1C[C@H]2[C@H](OC(=O)[C@]1(C)CCCC(C)(C)O1)c1ccnc2ccc(C)cc12. The number of benzene rings is 1. The lowest BCUT2D eigenvalue weighted by Gasteiger charge is -2.51.